The average molecular weight is 282 g/mol. The molecule has 0 saturated carbocycles. The Morgan fingerprint density at radius 2 is 2.12 bits per heavy atom. The number of nitrogens with zero attached hydrogens (tertiary/aromatic N) is 1. The van der Waals surface area contributed by atoms with E-state index < -0.39 is 9.84 Å². The molecule has 1 rings (SSSR count). The summed E-state index contributed by atoms with van der Waals surface area (Å²) in [5.74, 6) is 0.561. The summed E-state index contributed by atoms with van der Waals surface area (Å²) in [6, 6.07) is 1.58. The molecular formula is C10H13Cl2NO2S. The maximum absolute atomic E-state index is 11.7. The minimum atomic E-state index is -3.30. The molecule has 0 aromatic carbocycles. The summed E-state index contributed by atoms with van der Waals surface area (Å²) < 4.78 is 23.4. The highest BCUT2D eigenvalue weighted by Crippen LogP contribution is 2.21. The third-order valence-corrected chi connectivity index (χ3v) is 4.60. The predicted octanol–water partition coefficient (Wildman–Crippen LogP) is 2.70. The lowest BCUT2D eigenvalue weighted by molar-refractivity contribution is 0.596. The Morgan fingerprint density at radius 1 is 1.44 bits per heavy atom. The summed E-state index contributed by atoms with van der Waals surface area (Å²) in [4.78, 5) is 4.00. The van der Waals surface area contributed by atoms with Gasteiger partial charge in [-0.3, -0.25) is 0 Å². The second kappa shape index (κ2) is 5.84. The van der Waals surface area contributed by atoms with Crippen LogP contribution < -0.4 is 0 Å². The topological polar surface area (TPSA) is 47.0 Å². The van der Waals surface area contributed by atoms with Crippen LogP contribution in [0, 0.1) is 0 Å². The van der Waals surface area contributed by atoms with Crippen molar-refractivity contribution >= 4 is 33.0 Å². The number of alkyl halides is 1. The Hall–Kier alpha value is -0.320. The lowest BCUT2D eigenvalue weighted by Crippen LogP contribution is -2.06. The van der Waals surface area contributed by atoms with Crippen LogP contribution in [0.5, 0.6) is 0 Å². The SMILES string of the molecule is CCS(=O)(=O)c1cc(CCCCl)cnc1Cl. The second-order valence-corrected chi connectivity index (χ2v) is 6.31. The molecule has 90 valence electrons. The summed E-state index contributed by atoms with van der Waals surface area (Å²) in [5, 5.41) is 0.0384. The van der Waals surface area contributed by atoms with E-state index in [0.29, 0.717) is 12.3 Å². The van der Waals surface area contributed by atoms with E-state index >= 15 is 0 Å². The molecule has 0 N–H and O–H groups in total. The molecule has 16 heavy (non-hydrogen) atoms. The lowest BCUT2D eigenvalue weighted by atomic mass is 10.2. The van der Waals surface area contributed by atoms with Gasteiger partial charge in [-0.05, 0) is 24.5 Å². The van der Waals surface area contributed by atoms with Gasteiger partial charge < -0.3 is 0 Å². The molecule has 1 aromatic rings. The standard InChI is InChI=1S/C10H13Cl2NO2S/c1-2-16(14,15)9-6-8(4-3-5-11)7-13-10(9)12/h6-7H,2-5H2,1H3. The molecule has 0 saturated heterocycles. The van der Waals surface area contributed by atoms with E-state index in [-0.39, 0.29) is 15.8 Å². The van der Waals surface area contributed by atoms with Gasteiger partial charge in [-0.25, -0.2) is 13.4 Å². The summed E-state index contributed by atoms with van der Waals surface area (Å²) in [5.41, 5.74) is 0.845. The summed E-state index contributed by atoms with van der Waals surface area (Å²) in [6.07, 6.45) is 3.08. The van der Waals surface area contributed by atoms with Crippen molar-refractivity contribution in [2.24, 2.45) is 0 Å². The van der Waals surface area contributed by atoms with Crippen LogP contribution in [0.1, 0.15) is 18.9 Å². The number of aryl methyl sites for hydroxylation is 1. The van der Waals surface area contributed by atoms with Crippen molar-refractivity contribution in [3.8, 4) is 0 Å². The smallest absolute Gasteiger partial charge is 0.181 e. The van der Waals surface area contributed by atoms with Gasteiger partial charge in [0.1, 0.15) is 10.0 Å². The molecule has 0 unspecified atom stereocenters. The molecule has 6 heteroatoms. The number of rotatable bonds is 5. The first-order valence-electron chi connectivity index (χ1n) is 4.94. The Labute approximate surface area is 106 Å². The average Bonchev–Trinajstić information content (AvgIpc) is 2.27. The van der Waals surface area contributed by atoms with Crippen LogP contribution in [-0.4, -0.2) is 25.0 Å². The van der Waals surface area contributed by atoms with E-state index in [1.165, 1.54) is 0 Å². The zero-order valence-corrected chi connectivity index (χ0v) is 11.2. The van der Waals surface area contributed by atoms with E-state index in [1.807, 2.05) is 0 Å². The molecule has 0 fully saturated rings. The fourth-order valence-corrected chi connectivity index (χ4v) is 2.79. The van der Waals surface area contributed by atoms with Crippen molar-refractivity contribution in [1.29, 1.82) is 0 Å². The highest BCUT2D eigenvalue weighted by Gasteiger charge is 2.17. The van der Waals surface area contributed by atoms with Gasteiger partial charge in [0.25, 0.3) is 0 Å². The zero-order chi connectivity index (χ0) is 12.2. The first-order chi connectivity index (χ1) is 7.51. The maximum atomic E-state index is 11.7. The molecule has 0 aliphatic carbocycles. The first-order valence-corrected chi connectivity index (χ1v) is 7.51. The third kappa shape index (κ3) is 3.34. The van der Waals surface area contributed by atoms with Crippen molar-refractivity contribution in [2.75, 3.05) is 11.6 Å². The number of aromatic nitrogens is 1. The van der Waals surface area contributed by atoms with Crippen molar-refractivity contribution in [3.63, 3.8) is 0 Å². The van der Waals surface area contributed by atoms with Gasteiger partial charge in [0.2, 0.25) is 0 Å². The Morgan fingerprint density at radius 3 is 2.69 bits per heavy atom. The number of sulfone groups is 1. The van der Waals surface area contributed by atoms with Gasteiger partial charge in [-0.1, -0.05) is 18.5 Å². The second-order valence-electron chi connectivity index (χ2n) is 3.33. The minimum Gasteiger partial charge on any atom is -0.243 e. The van der Waals surface area contributed by atoms with Crippen molar-refractivity contribution in [1.82, 2.24) is 4.98 Å². The number of pyridine rings is 1. The molecule has 0 spiro atoms. The highest BCUT2D eigenvalue weighted by atomic mass is 35.5. The normalized spacial score (nSPS) is 11.7. The van der Waals surface area contributed by atoms with Crippen LogP contribution in [0.2, 0.25) is 5.15 Å². The molecule has 1 aromatic heterocycles. The molecule has 0 atom stereocenters. The summed E-state index contributed by atoms with van der Waals surface area (Å²) >= 11 is 11.4. The fourth-order valence-electron chi connectivity index (χ4n) is 1.25. The van der Waals surface area contributed by atoms with Gasteiger partial charge in [-0.15, -0.1) is 11.6 Å². The maximum Gasteiger partial charge on any atom is 0.181 e. The van der Waals surface area contributed by atoms with Crippen molar-refractivity contribution in [3.05, 3.63) is 23.0 Å². The molecule has 0 aliphatic heterocycles. The van der Waals surface area contributed by atoms with E-state index in [2.05, 4.69) is 4.98 Å². The van der Waals surface area contributed by atoms with Crippen LogP contribution in [0.4, 0.5) is 0 Å². The number of hydrogen-bond acceptors (Lipinski definition) is 3. The van der Waals surface area contributed by atoms with Gasteiger partial charge >= 0.3 is 0 Å². The summed E-state index contributed by atoms with van der Waals surface area (Å²) in [7, 11) is -3.30. The van der Waals surface area contributed by atoms with Crippen LogP contribution in [-0.2, 0) is 16.3 Å². The van der Waals surface area contributed by atoms with E-state index in [4.69, 9.17) is 23.2 Å². The first kappa shape index (κ1) is 13.7. The highest BCUT2D eigenvalue weighted by molar-refractivity contribution is 7.91. The lowest BCUT2D eigenvalue weighted by Gasteiger charge is -2.06. The largest absolute Gasteiger partial charge is 0.243 e. The van der Waals surface area contributed by atoms with Gasteiger partial charge in [0.05, 0.1) is 5.75 Å². The van der Waals surface area contributed by atoms with Crippen LogP contribution >= 0.6 is 23.2 Å². The van der Waals surface area contributed by atoms with E-state index in [0.717, 1.165) is 12.0 Å². The molecule has 0 aliphatic rings. The van der Waals surface area contributed by atoms with E-state index in [1.54, 1.807) is 19.2 Å². The van der Waals surface area contributed by atoms with Crippen molar-refractivity contribution in [2.45, 2.75) is 24.7 Å². The molecular weight excluding hydrogens is 269 g/mol. The Bertz CT molecular complexity index is 460. The minimum absolute atomic E-state index is 0.0212. The van der Waals surface area contributed by atoms with Crippen LogP contribution in [0.15, 0.2) is 17.2 Å². The molecule has 0 radical (unpaired) electrons. The van der Waals surface area contributed by atoms with Crippen LogP contribution in [0.3, 0.4) is 0 Å². The van der Waals surface area contributed by atoms with Gasteiger partial charge in [0.15, 0.2) is 9.84 Å². The molecule has 1 heterocycles. The quantitative estimate of drug-likeness (QED) is 0.616. The zero-order valence-electron chi connectivity index (χ0n) is 8.91. The molecule has 0 bridgehead atoms. The van der Waals surface area contributed by atoms with Gasteiger partial charge in [-0.2, -0.15) is 0 Å². The molecule has 3 nitrogen and oxygen atoms in total. The Balaban J connectivity index is 3.09. The third-order valence-electron chi connectivity index (χ3n) is 2.18. The monoisotopic (exact) mass is 281 g/mol. The van der Waals surface area contributed by atoms with Crippen molar-refractivity contribution < 1.29 is 8.42 Å². The van der Waals surface area contributed by atoms with Crippen LogP contribution in [0.25, 0.3) is 0 Å². The predicted molar refractivity (Wildman–Crippen MR) is 66.0 cm³/mol. The molecule has 0 amide bonds. The van der Waals surface area contributed by atoms with E-state index in [9.17, 15) is 8.42 Å². The summed E-state index contributed by atoms with van der Waals surface area (Å²) in [6.45, 7) is 1.58. The fraction of sp³-hybridized carbons (Fsp3) is 0.500. The van der Waals surface area contributed by atoms with Gasteiger partial charge in [0, 0.05) is 12.1 Å². The Kier molecular flexibility index (Phi) is 5.02. The number of halogens is 2. The number of hydrogen-bond donors (Lipinski definition) is 0.